The van der Waals surface area contributed by atoms with Gasteiger partial charge in [0.2, 0.25) is 0 Å². The first-order chi connectivity index (χ1) is 8.54. The first-order valence-electron chi connectivity index (χ1n) is 5.66. The van der Waals surface area contributed by atoms with E-state index >= 15 is 0 Å². The van der Waals surface area contributed by atoms with Crippen LogP contribution >= 0.6 is 15.9 Å². The Labute approximate surface area is 114 Å². The molecular formula is C13H15BrFN3. The molecule has 0 unspecified atom stereocenters. The molecule has 5 heteroatoms. The van der Waals surface area contributed by atoms with E-state index in [9.17, 15) is 4.39 Å². The molecule has 0 fully saturated rings. The molecule has 18 heavy (non-hydrogen) atoms. The largest absolute Gasteiger partial charge is 0.334 e. The van der Waals surface area contributed by atoms with Crippen molar-refractivity contribution in [3.63, 3.8) is 0 Å². The van der Waals surface area contributed by atoms with E-state index in [0.29, 0.717) is 17.8 Å². The Kier molecular flexibility index (Phi) is 3.82. The smallest absolute Gasteiger partial charge is 0.132 e. The summed E-state index contributed by atoms with van der Waals surface area (Å²) >= 11 is 3.37. The Hall–Kier alpha value is -1.20. The van der Waals surface area contributed by atoms with Crippen molar-refractivity contribution >= 4 is 15.9 Å². The van der Waals surface area contributed by atoms with Crippen LogP contribution < -0.4 is 5.32 Å². The SMILES string of the molecule is CNCc1c(-c2cc(Br)ccc2F)nc(C)n1C. The van der Waals surface area contributed by atoms with Crippen molar-refractivity contribution in [2.75, 3.05) is 7.05 Å². The molecule has 0 amide bonds. The minimum Gasteiger partial charge on any atom is -0.334 e. The summed E-state index contributed by atoms with van der Waals surface area (Å²) in [6.07, 6.45) is 0. The van der Waals surface area contributed by atoms with Gasteiger partial charge in [0.05, 0.1) is 11.4 Å². The number of rotatable bonds is 3. The molecule has 0 aliphatic carbocycles. The molecule has 0 saturated carbocycles. The molecule has 0 atom stereocenters. The predicted molar refractivity (Wildman–Crippen MR) is 73.8 cm³/mol. The van der Waals surface area contributed by atoms with Crippen molar-refractivity contribution in [2.45, 2.75) is 13.5 Å². The number of benzene rings is 1. The van der Waals surface area contributed by atoms with Crippen molar-refractivity contribution in [3.8, 4) is 11.3 Å². The van der Waals surface area contributed by atoms with Gasteiger partial charge in [-0.15, -0.1) is 0 Å². The lowest BCUT2D eigenvalue weighted by atomic mass is 10.1. The molecule has 0 radical (unpaired) electrons. The normalized spacial score (nSPS) is 10.9. The molecule has 0 bridgehead atoms. The topological polar surface area (TPSA) is 29.9 Å². The highest BCUT2D eigenvalue weighted by atomic mass is 79.9. The van der Waals surface area contributed by atoms with E-state index in [-0.39, 0.29) is 5.82 Å². The molecule has 2 rings (SSSR count). The third-order valence-corrected chi connectivity index (χ3v) is 3.46. The number of imidazole rings is 1. The van der Waals surface area contributed by atoms with Crippen molar-refractivity contribution in [1.82, 2.24) is 14.9 Å². The zero-order valence-corrected chi connectivity index (χ0v) is 12.2. The number of nitrogens with zero attached hydrogens (tertiary/aromatic N) is 2. The van der Waals surface area contributed by atoms with Gasteiger partial charge in [-0.1, -0.05) is 15.9 Å². The van der Waals surface area contributed by atoms with Gasteiger partial charge in [-0.2, -0.15) is 0 Å². The van der Waals surface area contributed by atoms with Gasteiger partial charge >= 0.3 is 0 Å². The first-order valence-corrected chi connectivity index (χ1v) is 6.46. The van der Waals surface area contributed by atoms with Crippen molar-refractivity contribution in [3.05, 3.63) is 40.0 Å². The summed E-state index contributed by atoms with van der Waals surface area (Å²) in [6, 6.07) is 4.90. The molecule has 1 aromatic heterocycles. The summed E-state index contributed by atoms with van der Waals surface area (Å²) in [6.45, 7) is 2.57. The second-order valence-electron chi connectivity index (χ2n) is 4.17. The molecule has 0 spiro atoms. The van der Waals surface area contributed by atoms with E-state index < -0.39 is 0 Å². The zero-order chi connectivity index (χ0) is 13.3. The highest BCUT2D eigenvalue weighted by molar-refractivity contribution is 9.10. The maximum Gasteiger partial charge on any atom is 0.132 e. The van der Waals surface area contributed by atoms with Crippen LogP contribution in [0.3, 0.4) is 0 Å². The van der Waals surface area contributed by atoms with E-state index in [0.717, 1.165) is 16.0 Å². The average Bonchev–Trinajstić information content (AvgIpc) is 2.61. The molecule has 1 heterocycles. The number of aromatic nitrogens is 2. The summed E-state index contributed by atoms with van der Waals surface area (Å²) in [7, 11) is 3.80. The van der Waals surface area contributed by atoms with Gasteiger partial charge in [0.15, 0.2) is 0 Å². The van der Waals surface area contributed by atoms with Crippen molar-refractivity contribution in [1.29, 1.82) is 0 Å². The van der Waals surface area contributed by atoms with Crippen LogP contribution in [0, 0.1) is 12.7 Å². The Bertz CT molecular complexity index is 578. The Balaban J connectivity index is 2.63. The third kappa shape index (κ3) is 2.33. The second kappa shape index (κ2) is 5.20. The molecule has 3 nitrogen and oxygen atoms in total. The molecular weight excluding hydrogens is 297 g/mol. The first kappa shape index (κ1) is 13.2. The molecule has 0 aliphatic heterocycles. The number of nitrogens with one attached hydrogen (secondary N) is 1. The van der Waals surface area contributed by atoms with Gasteiger partial charge in [-0.25, -0.2) is 9.37 Å². The zero-order valence-electron chi connectivity index (χ0n) is 10.6. The minimum atomic E-state index is -0.256. The van der Waals surface area contributed by atoms with Crippen LogP contribution in [0.5, 0.6) is 0 Å². The highest BCUT2D eigenvalue weighted by Gasteiger charge is 2.16. The predicted octanol–water partition coefficient (Wildman–Crippen LogP) is 3.02. The second-order valence-corrected chi connectivity index (χ2v) is 5.08. The van der Waals surface area contributed by atoms with Crippen LogP contribution in [-0.2, 0) is 13.6 Å². The Morgan fingerprint density at radius 1 is 1.44 bits per heavy atom. The molecule has 96 valence electrons. The van der Waals surface area contributed by atoms with Crippen LogP contribution in [0.1, 0.15) is 11.5 Å². The summed E-state index contributed by atoms with van der Waals surface area (Å²) in [5.41, 5.74) is 2.20. The van der Waals surface area contributed by atoms with Crippen LogP contribution in [0.2, 0.25) is 0 Å². The summed E-state index contributed by atoms with van der Waals surface area (Å²) < 4.78 is 16.7. The number of hydrogen-bond acceptors (Lipinski definition) is 2. The maximum atomic E-state index is 13.9. The van der Waals surface area contributed by atoms with Crippen LogP contribution in [0.25, 0.3) is 11.3 Å². The van der Waals surface area contributed by atoms with Gasteiger partial charge in [0.1, 0.15) is 11.6 Å². The van der Waals surface area contributed by atoms with Crippen LogP contribution in [0.15, 0.2) is 22.7 Å². The lowest BCUT2D eigenvalue weighted by Crippen LogP contribution is -2.10. The number of halogens is 2. The summed E-state index contributed by atoms with van der Waals surface area (Å²) in [5, 5.41) is 3.09. The monoisotopic (exact) mass is 311 g/mol. The maximum absolute atomic E-state index is 13.9. The van der Waals surface area contributed by atoms with E-state index in [2.05, 4.69) is 26.2 Å². The van der Waals surface area contributed by atoms with Crippen molar-refractivity contribution in [2.24, 2.45) is 7.05 Å². The Morgan fingerprint density at radius 3 is 2.83 bits per heavy atom. The molecule has 2 aromatic rings. The Morgan fingerprint density at radius 2 is 2.17 bits per heavy atom. The van der Waals surface area contributed by atoms with E-state index in [1.807, 2.05) is 25.6 Å². The number of aryl methyl sites for hydroxylation is 1. The van der Waals surface area contributed by atoms with Gasteiger partial charge in [0, 0.05) is 23.6 Å². The summed E-state index contributed by atoms with van der Waals surface area (Å²) in [4.78, 5) is 4.46. The van der Waals surface area contributed by atoms with E-state index in [1.165, 1.54) is 6.07 Å². The minimum absolute atomic E-state index is 0.256. The van der Waals surface area contributed by atoms with Crippen LogP contribution in [0.4, 0.5) is 4.39 Å². The third-order valence-electron chi connectivity index (χ3n) is 2.96. The fourth-order valence-electron chi connectivity index (χ4n) is 1.92. The molecule has 0 saturated heterocycles. The number of hydrogen-bond donors (Lipinski definition) is 1. The quantitative estimate of drug-likeness (QED) is 0.944. The lowest BCUT2D eigenvalue weighted by molar-refractivity contribution is 0.629. The molecule has 1 aromatic carbocycles. The van der Waals surface area contributed by atoms with Crippen LogP contribution in [-0.4, -0.2) is 16.6 Å². The van der Waals surface area contributed by atoms with Gasteiger partial charge < -0.3 is 9.88 Å². The van der Waals surface area contributed by atoms with Crippen molar-refractivity contribution < 1.29 is 4.39 Å². The van der Waals surface area contributed by atoms with Gasteiger partial charge in [0.25, 0.3) is 0 Å². The van der Waals surface area contributed by atoms with Gasteiger partial charge in [-0.05, 0) is 32.2 Å². The summed E-state index contributed by atoms with van der Waals surface area (Å²) in [5.74, 6) is 0.614. The fourth-order valence-corrected chi connectivity index (χ4v) is 2.28. The van der Waals surface area contributed by atoms with Gasteiger partial charge in [-0.3, -0.25) is 0 Å². The average molecular weight is 312 g/mol. The highest BCUT2D eigenvalue weighted by Crippen LogP contribution is 2.28. The fraction of sp³-hybridized carbons (Fsp3) is 0.308. The molecule has 0 aliphatic rings. The standard InChI is InChI=1S/C13H15BrFN3/c1-8-17-13(12(7-16-2)18(8)3)10-6-9(14)4-5-11(10)15/h4-6,16H,7H2,1-3H3. The van der Waals surface area contributed by atoms with E-state index in [4.69, 9.17) is 0 Å². The van der Waals surface area contributed by atoms with E-state index in [1.54, 1.807) is 12.1 Å². The molecule has 1 N–H and O–H groups in total. The lowest BCUT2D eigenvalue weighted by Gasteiger charge is -2.07.